The SMILES string of the molecule is Cc1ccc2nc(-c3ccc(NC(=O)/C=C/c4ccc(F)cc4F)cc3)n(O)c2c1. The first-order valence-electron chi connectivity index (χ1n) is 9.13. The Kier molecular flexibility index (Phi) is 5.02. The molecule has 1 heterocycles. The van der Waals surface area contributed by atoms with Gasteiger partial charge in [-0.1, -0.05) is 6.07 Å². The molecule has 0 spiro atoms. The summed E-state index contributed by atoms with van der Waals surface area (Å²) in [6.07, 6.45) is 2.44. The summed E-state index contributed by atoms with van der Waals surface area (Å²) < 4.78 is 27.6. The number of benzene rings is 3. The highest BCUT2D eigenvalue weighted by Gasteiger charge is 2.12. The minimum Gasteiger partial charge on any atom is -0.426 e. The second-order valence-corrected chi connectivity index (χ2v) is 6.81. The molecule has 3 aromatic carbocycles. The minimum atomic E-state index is -0.745. The van der Waals surface area contributed by atoms with Gasteiger partial charge in [-0.25, -0.2) is 13.8 Å². The Labute approximate surface area is 170 Å². The van der Waals surface area contributed by atoms with Gasteiger partial charge in [-0.05, 0) is 67.1 Å². The Morgan fingerprint density at radius 1 is 1.07 bits per heavy atom. The maximum absolute atomic E-state index is 13.6. The molecular weight excluding hydrogens is 388 g/mol. The number of carbonyl (C=O) groups is 1. The fourth-order valence-electron chi connectivity index (χ4n) is 3.05. The van der Waals surface area contributed by atoms with Gasteiger partial charge in [0.1, 0.15) is 17.2 Å². The second-order valence-electron chi connectivity index (χ2n) is 6.81. The quantitative estimate of drug-likeness (QED) is 0.363. The number of fused-ring (bicyclic) bond motifs is 1. The first kappa shape index (κ1) is 19.3. The molecule has 5 nitrogen and oxygen atoms in total. The van der Waals surface area contributed by atoms with Crippen molar-refractivity contribution in [3.05, 3.63) is 89.5 Å². The number of anilines is 1. The Morgan fingerprint density at radius 3 is 2.57 bits per heavy atom. The summed E-state index contributed by atoms with van der Waals surface area (Å²) >= 11 is 0. The molecule has 0 bridgehead atoms. The van der Waals surface area contributed by atoms with Gasteiger partial charge in [0.05, 0.1) is 5.52 Å². The zero-order valence-corrected chi connectivity index (χ0v) is 15.9. The molecule has 4 aromatic rings. The maximum Gasteiger partial charge on any atom is 0.248 e. The van der Waals surface area contributed by atoms with Crippen LogP contribution in [0.25, 0.3) is 28.5 Å². The summed E-state index contributed by atoms with van der Waals surface area (Å²) in [5.41, 5.74) is 3.60. The van der Waals surface area contributed by atoms with Crippen LogP contribution in [0.4, 0.5) is 14.5 Å². The predicted molar refractivity (Wildman–Crippen MR) is 111 cm³/mol. The molecule has 1 aromatic heterocycles. The predicted octanol–water partition coefficient (Wildman–Crippen LogP) is 5.18. The zero-order chi connectivity index (χ0) is 21.3. The fourth-order valence-corrected chi connectivity index (χ4v) is 3.05. The number of aromatic nitrogens is 2. The van der Waals surface area contributed by atoms with Crippen LogP contribution in [-0.2, 0) is 4.79 Å². The third-order valence-corrected chi connectivity index (χ3v) is 4.57. The highest BCUT2D eigenvalue weighted by atomic mass is 19.1. The van der Waals surface area contributed by atoms with Crippen LogP contribution in [0, 0.1) is 18.6 Å². The first-order valence-corrected chi connectivity index (χ1v) is 9.13. The summed E-state index contributed by atoms with van der Waals surface area (Å²) in [6.45, 7) is 1.93. The number of carbonyl (C=O) groups excluding carboxylic acids is 1. The number of nitrogens with zero attached hydrogens (tertiary/aromatic N) is 2. The van der Waals surface area contributed by atoms with E-state index in [9.17, 15) is 18.8 Å². The van der Waals surface area contributed by atoms with Gasteiger partial charge in [-0.2, -0.15) is 4.73 Å². The van der Waals surface area contributed by atoms with Crippen molar-refractivity contribution in [3.8, 4) is 11.4 Å². The normalized spacial score (nSPS) is 11.3. The van der Waals surface area contributed by atoms with Crippen molar-refractivity contribution in [1.82, 2.24) is 9.71 Å². The summed E-state index contributed by atoms with van der Waals surface area (Å²) in [5.74, 6) is -1.50. The lowest BCUT2D eigenvalue weighted by molar-refractivity contribution is -0.111. The van der Waals surface area contributed by atoms with Crippen LogP contribution in [0.2, 0.25) is 0 Å². The molecule has 0 unspecified atom stereocenters. The van der Waals surface area contributed by atoms with Gasteiger partial charge in [-0.15, -0.1) is 0 Å². The molecule has 0 aliphatic heterocycles. The van der Waals surface area contributed by atoms with Crippen LogP contribution >= 0.6 is 0 Å². The molecular formula is C23H17F2N3O2. The van der Waals surface area contributed by atoms with Crippen molar-refractivity contribution in [2.45, 2.75) is 6.92 Å². The lowest BCUT2D eigenvalue weighted by Gasteiger charge is -2.05. The van der Waals surface area contributed by atoms with Gasteiger partial charge in [0.2, 0.25) is 5.91 Å². The van der Waals surface area contributed by atoms with E-state index in [1.807, 2.05) is 25.1 Å². The molecule has 0 atom stereocenters. The number of amides is 1. The average molecular weight is 405 g/mol. The topological polar surface area (TPSA) is 67.2 Å². The lowest BCUT2D eigenvalue weighted by atomic mass is 10.2. The Bertz CT molecular complexity index is 1280. The van der Waals surface area contributed by atoms with E-state index in [0.717, 1.165) is 22.4 Å². The van der Waals surface area contributed by atoms with E-state index in [0.29, 0.717) is 28.1 Å². The molecule has 7 heteroatoms. The van der Waals surface area contributed by atoms with Crippen LogP contribution < -0.4 is 5.32 Å². The van der Waals surface area contributed by atoms with Crippen molar-refractivity contribution < 1.29 is 18.8 Å². The maximum atomic E-state index is 13.6. The van der Waals surface area contributed by atoms with E-state index in [4.69, 9.17) is 0 Å². The van der Waals surface area contributed by atoms with Crippen LogP contribution in [0.3, 0.4) is 0 Å². The number of hydrogen-bond donors (Lipinski definition) is 2. The van der Waals surface area contributed by atoms with Crippen LogP contribution in [0.1, 0.15) is 11.1 Å². The zero-order valence-electron chi connectivity index (χ0n) is 15.9. The summed E-state index contributed by atoms with van der Waals surface area (Å²) in [6, 6.07) is 15.5. The molecule has 30 heavy (non-hydrogen) atoms. The molecule has 1 amide bonds. The lowest BCUT2D eigenvalue weighted by Crippen LogP contribution is -2.07. The number of imidazole rings is 1. The van der Waals surface area contributed by atoms with Crippen molar-refractivity contribution in [1.29, 1.82) is 0 Å². The monoisotopic (exact) mass is 405 g/mol. The van der Waals surface area contributed by atoms with Crippen molar-refractivity contribution in [2.75, 3.05) is 5.32 Å². The fraction of sp³-hybridized carbons (Fsp3) is 0.0435. The van der Waals surface area contributed by atoms with E-state index in [1.54, 1.807) is 24.3 Å². The van der Waals surface area contributed by atoms with Gasteiger partial charge < -0.3 is 10.5 Å². The van der Waals surface area contributed by atoms with Crippen molar-refractivity contribution >= 4 is 28.7 Å². The second kappa shape index (κ2) is 7.79. The molecule has 4 rings (SSSR count). The molecule has 0 saturated heterocycles. The molecule has 0 aliphatic rings. The van der Waals surface area contributed by atoms with Gasteiger partial charge in [-0.3, -0.25) is 4.79 Å². The number of nitrogens with one attached hydrogen (secondary N) is 1. The molecule has 2 N–H and O–H groups in total. The molecule has 0 saturated carbocycles. The van der Waals surface area contributed by atoms with Crippen molar-refractivity contribution in [2.24, 2.45) is 0 Å². The highest BCUT2D eigenvalue weighted by molar-refractivity contribution is 6.02. The summed E-state index contributed by atoms with van der Waals surface area (Å²) in [4.78, 5) is 16.5. The number of hydrogen-bond acceptors (Lipinski definition) is 3. The van der Waals surface area contributed by atoms with Crippen LogP contribution in [-0.4, -0.2) is 20.8 Å². The van der Waals surface area contributed by atoms with Gasteiger partial charge in [0, 0.05) is 29.0 Å². The standard InChI is InChI=1S/C23H17F2N3O2/c1-14-2-10-20-21(12-14)28(30)23(27-20)16-4-8-18(9-5-16)26-22(29)11-6-15-3-7-17(24)13-19(15)25/h2-13,30H,1H3,(H,26,29)/b11-6+. The molecule has 0 radical (unpaired) electrons. The minimum absolute atomic E-state index is 0.110. The number of halogens is 2. The van der Waals surface area contributed by atoms with E-state index < -0.39 is 17.5 Å². The molecule has 0 fully saturated rings. The third kappa shape index (κ3) is 3.91. The van der Waals surface area contributed by atoms with E-state index in [2.05, 4.69) is 10.3 Å². The van der Waals surface area contributed by atoms with Crippen molar-refractivity contribution in [3.63, 3.8) is 0 Å². The summed E-state index contributed by atoms with van der Waals surface area (Å²) in [7, 11) is 0. The van der Waals surface area contributed by atoms with Gasteiger partial charge in [0.25, 0.3) is 0 Å². The third-order valence-electron chi connectivity index (χ3n) is 4.57. The molecule has 150 valence electrons. The largest absolute Gasteiger partial charge is 0.426 e. The van der Waals surface area contributed by atoms with E-state index in [-0.39, 0.29) is 5.56 Å². The highest BCUT2D eigenvalue weighted by Crippen LogP contribution is 2.25. The van der Waals surface area contributed by atoms with Crippen LogP contribution in [0.5, 0.6) is 0 Å². The van der Waals surface area contributed by atoms with Gasteiger partial charge >= 0.3 is 0 Å². The summed E-state index contributed by atoms with van der Waals surface area (Å²) in [5, 5.41) is 13.1. The average Bonchev–Trinajstić information content (AvgIpc) is 3.04. The smallest absolute Gasteiger partial charge is 0.248 e. The first-order chi connectivity index (χ1) is 14.4. The van der Waals surface area contributed by atoms with E-state index in [1.165, 1.54) is 18.2 Å². The molecule has 0 aliphatic carbocycles. The van der Waals surface area contributed by atoms with E-state index >= 15 is 0 Å². The Morgan fingerprint density at radius 2 is 1.83 bits per heavy atom. The number of rotatable bonds is 4. The number of aryl methyl sites for hydroxylation is 1. The Balaban J connectivity index is 1.49. The Hall–Kier alpha value is -4.00. The van der Waals surface area contributed by atoms with Crippen LogP contribution in [0.15, 0.2) is 66.7 Å². The van der Waals surface area contributed by atoms with Gasteiger partial charge in [0.15, 0.2) is 5.82 Å².